The number of rotatable bonds is 8. The molecule has 0 radical (unpaired) electrons. The Labute approximate surface area is 98.6 Å². The fraction of sp³-hybridized carbons (Fsp3) is 0.917. The van der Waals surface area contributed by atoms with Crippen LogP contribution in [0.2, 0.25) is 0 Å². The number of hydrogen-bond donors (Lipinski definition) is 1. The van der Waals surface area contributed by atoms with Crippen molar-refractivity contribution < 1.29 is 14.6 Å². The van der Waals surface area contributed by atoms with E-state index in [1.54, 1.807) is 6.92 Å². The predicted octanol–water partition coefficient (Wildman–Crippen LogP) is 1.42. The van der Waals surface area contributed by atoms with Crippen LogP contribution in [0, 0.1) is 0 Å². The molecule has 0 aliphatic rings. The van der Waals surface area contributed by atoms with Gasteiger partial charge in [0.05, 0.1) is 18.8 Å². The number of aliphatic hydroxyl groups is 1. The molecule has 96 valence electrons. The first kappa shape index (κ1) is 15.4. The van der Waals surface area contributed by atoms with Crippen LogP contribution in [-0.2, 0) is 9.53 Å². The van der Waals surface area contributed by atoms with Gasteiger partial charge in [0, 0.05) is 6.54 Å². The van der Waals surface area contributed by atoms with E-state index in [2.05, 4.69) is 0 Å². The minimum absolute atomic E-state index is 0.223. The molecule has 0 rings (SSSR count). The van der Waals surface area contributed by atoms with Gasteiger partial charge in [0.25, 0.3) is 0 Å². The summed E-state index contributed by atoms with van der Waals surface area (Å²) in [6.45, 7) is 9.61. The number of nitrogens with zero attached hydrogens (tertiary/aromatic N) is 1. The Hall–Kier alpha value is -0.610. The van der Waals surface area contributed by atoms with Crippen LogP contribution in [-0.4, -0.2) is 47.8 Å². The molecule has 0 aliphatic carbocycles. The van der Waals surface area contributed by atoms with Crippen molar-refractivity contribution in [3.05, 3.63) is 0 Å². The summed E-state index contributed by atoms with van der Waals surface area (Å²) in [4.78, 5) is 13.3. The van der Waals surface area contributed by atoms with Gasteiger partial charge in [0.15, 0.2) is 0 Å². The molecule has 0 amide bonds. The Morgan fingerprint density at radius 2 is 1.81 bits per heavy atom. The number of esters is 1. The molecule has 0 aromatic rings. The van der Waals surface area contributed by atoms with E-state index in [0.29, 0.717) is 26.0 Å². The van der Waals surface area contributed by atoms with Crippen molar-refractivity contribution in [1.82, 2.24) is 4.90 Å². The molecule has 4 nitrogen and oxygen atoms in total. The predicted molar refractivity (Wildman–Crippen MR) is 64.3 cm³/mol. The van der Waals surface area contributed by atoms with Crippen molar-refractivity contribution in [1.29, 1.82) is 0 Å². The number of carbonyl (C=O) groups excluding carboxylic acids is 1. The quantitative estimate of drug-likeness (QED) is 0.642. The number of hydrogen-bond acceptors (Lipinski definition) is 4. The van der Waals surface area contributed by atoms with E-state index in [9.17, 15) is 9.90 Å². The Kier molecular flexibility index (Phi) is 7.34. The SMILES string of the molecule is CCOC(=O)CN(CC)CC(O)(CC)CC. The second-order valence-electron chi connectivity index (χ2n) is 4.04. The molecule has 0 bridgehead atoms. The van der Waals surface area contributed by atoms with Gasteiger partial charge in [-0.2, -0.15) is 0 Å². The average molecular weight is 231 g/mol. The van der Waals surface area contributed by atoms with Gasteiger partial charge in [-0.25, -0.2) is 0 Å². The van der Waals surface area contributed by atoms with Crippen LogP contribution >= 0.6 is 0 Å². The van der Waals surface area contributed by atoms with Gasteiger partial charge in [-0.1, -0.05) is 20.8 Å². The number of ether oxygens (including phenoxy) is 1. The Balaban J connectivity index is 4.23. The molecule has 0 heterocycles. The Morgan fingerprint density at radius 1 is 1.25 bits per heavy atom. The summed E-state index contributed by atoms with van der Waals surface area (Å²) in [5.41, 5.74) is -0.692. The molecule has 0 saturated heterocycles. The van der Waals surface area contributed by atoms with Gasteiger partial charge in [0.1, 0.15) is 0 Å². The monoisotopic (exact) mass is 231 g/mol. The molecule has 4 heteroatoms. The summed E-state index contributed by atoms with van der Waals surface area (Å²) in [7, 11) is 0. The normalized spacial score (nSPS) is 11.9. The van der Waals surface area contributed by atoms with Crippen LogP contribution in [0.15, 0.2) is 0 Å². The van der Waals surface area contributed by atoms with Crippen molar-refractivity contribution in [2.75, 3.05) is 26.2 Å². The van der Waals surface area contributed by atoms with E-state index in [1.165, 1.54) is 0 Å². The van der Waals surface area contributed by atoms with Gasteiger partial charge in [-0.3, -0.25) is 9.69 Å². The lowest BCUT2D eigenvalue weighted by atomic mass is 9.97. The first-order valence-corrected chi connectivity index (χ1v) is 6.11. The second kappa shape index (κ2) is 7.63. The van der Waals surface area contributed by atoms with Crippen LogP contribution in [0.5, 0.6) is 0 Å². The fourth-order valence-electron chi connectivity index (χ4n) is 1.56. The van der Waals surface area contributed by atoms with E-state index in [0.717, 1.165) is 6.54 Å². The third-order valence-electron chi connectivity index (χ3n) is 2.94. The standard InChI is InChI=1S/C12H25NO3/c1-5-12(15,6-2)10-13(7-3)9-11(14)16-8-4/h15H,5-10H2,1-4H3. The average Bonchev–Trinajstić information content (AvgIpc) is 2.28. The summed E-state index contributed by atoms with van der Waals surface area (Å²) in [6.07, 6.45) is 1.39. The molecule has 1 N–H and O–H groups in total. The molecule has 0 unspecified atom stereocenters. The zero-order chi connectivity index (χ0) is 12.6. The van der Waals surface area contributed by atoms with E-state index in [-0.39, 0.29) is 12.5 Å². The van der Waals surface area contributed by atoms with E-state index >= 15 is 0 Å². The molecule has 16 heavy (non-hydrogen) atoms. The smallest absolute Gasteiger partial charge is 0.320 e. The summed E-state index contributed by atoms with van der Waals surface area (Å²) in [5, 5.41) is 10.2. The summed E-state index contributed by atoms with van der Waals surface area (Å²) >= 11 is 0. The maximum atomic E-state index is 11.3. The maximum Gasteiger partial charge on any atom is 0.320 e. The molecule has 0 fully saturated rings. The zero-order valence-corrected chi connectivity index (χ0v) is 11.0. The van der Waals surface area contributed by atoms with Gasteiger partial charge in [-0.05, 0) is 26.3 Å². The van der Waals surface area contributed by atoms with Gasteiger partial charge in [0.2, 0.25) is 0 Å². The highest BCUT2D eigenvalue weighted by Crippen LogP contribution is 2.16. The first-order valence-electron chi connectivity index (χ1n) is 6.11. The summed E-state index contributed by atoms with van der Waals surface area (Å²) in [6, 6.07) is 0. The van der Waals surface area contributed by atoms with Crippen molar-refractivity contribution in [2.45, 2.75) is 46.1 Å². The van der Waals surface area contributed by atoms with Crippen molar-refractivity contribution in [3.63, 3.8) is 0 Å². The summed E-state index contributed by atoms with van der Waals surface area (Å²) < 4.78 is 4.89. The van der Waals surface area contributed by atoms with Gasteiger partial charge in [-0.15, -0.1) is 0 Å². The maximum absolute atomic E-state index is 11.3. The van der Waals surface area contributed by atoms with Crippen molar-refractivity contribution in [2.24, 2.45) is 0 Å². The molecule has 0 atom stereocenters. The van der Waals surface area contributed by atoms with Crippen molar-refractivity contribution >= 4 is 5.97 Å². The van der Waals surface area contributed by atoms with E-state index in [4.69, 9.17) is 4.74 Å². The molecular formula is C12H25NO3. The molecule has 0 aromatic carbocycles. The molecule has 0 aliphatic heterocycles. The highest BCUT2D eigenvalue weighted by Gasteiger charge is 2.26. The number of likely N-dealkylation sites (N-methyl/N-ethyl adjacent to an activating group) is 1. The first-order chi connectivity index (χ1) is 7.51. The molecule has 0 saturated carbocycles. The fourth-order valence-corrected chi connectivity index (χ4v) is 1.56. The molecule has 0 aromatic heterocycles. The van der Waals surface area contributed by atoms with Crippen LogP contribution in [0.25, 0.3) is 0 Å². The molecular weight excluding hydrogens is 206 g/mol. The van der Waals surface area contributed by atoms with E-state index < -0.39 is 5.60 Å². The highest BCUT2D eigenvalue weighted by atomic mass is 16.5. The highest BCUT2D eigenvalue weighted by molar-refractivity contribution is 5.71. The van der Waals surface area contributed by atoms with Gasteiger partial charge >= 0.3 is 5.97 Å². The Bertz CT molecular complexity index is 202. The summed E-state index contributed by atoms with van der Waals surface area (Å²) in [5.74, 6) is -0.223. The number of carbonyl (C=O) groups is 1. The Morgan fingerprint density at radius 3 is 2.19 bits per heavy atom. The van der Waals surface area contributed by atoms with Crippen LogP contribution in [0.4, 0.5) is 0 Å². The van der Waals surface area contributed by atoms with E-state index in [1.807, 2.05) is 25.7 Å². The lowest BCUT2D eigenvalue weighted by molar-refractivity contribution is -0.145. The van der Waals surface area contributed by atoms with Crippen LogP contribution < -0.4 is 0 Å². The minimum atomic E-state index is -0.692. The van der Waals surface area contributed by atoms with Crippen LogP contribution in [0.3, 0.4) is 0 Å². The topological polar surface area (TPSA) is 49.8 Å². The lowest BCUT2D eigenvalue weighted by Gasteiger charge is -2.31. The van der Waals surface area contributed by atoms with Crippen molar-refractivity contribution in [3.8, 4) is 0 Å². The van der Waals surface area contributed by atoms with Gasteiger partial charge < -0.3 is 9.84 Å². The second-order valence-corrected chi connectivity index (χ2v) is 4.04. The van der Waals surface area contributed by atoms with Crippen LogP contribution in [0.1, 0.15) is 40.5 Å². The minimum Gasteiger partial charge on any atom is -0.465 e. The largest absolute Gasteiger partial charge is 0.465 e. The third kappa shape index (κ3) is 5.47. The zero-order valence-electron chi connectivity index (χ0n) is 11.0. The molecule has 0 spiro atoms. The third-order valence-corrected chi connectivity index (χ3v) is 2.94. The lowest BCUT2D eigenvalue weighted by Crippen LogP contribution is -2.44.